The van der Waals surface area contributed by atoms with Crippen molar-refractivity contribution in [3.8, 4) is 5.75 Å². The lowest BCUT2D eigenvalue weighted by Gasteiger charge is -2.14. The topological polar surface area (TPSA) is 36.9 Å². The fourth-order valence-corrected chi connectivity index (χ4v) is 2.59. The van der Waals surface area contributed by atoms with Gasteiger partial charge in [-0.3, -0.25) is 5.43 Å². The Morgan fingerprint density at radius 3 is 2.72 bits per heavy atom. The van der Waals surface area contributed by atoms with Gasteiger partial charge in [-0.25, -0.2) is 8.78 Å². The molecular formula is C12H13F2N3O. The van der Waals surface area contributed by atoms with Crippen LogP contribution in [-0.4, -0.2) is 31.1 Å². The van der Waals surface area contributed by atoms with Crippen LogP contribution >= 0.6 is 0 Å². The Bertz CT molecular complexity index is 483. The summed E-state index contributed by atoms with van der Waals surface area (Å²) in [7, 11) is 1.39. The van der Waals surface area contributed by atoms with E-state index in [0.717, 1.165) is 0 Å². The zero-order valence-corrected chi connectivity index (χ0v) is 9.86. The first-order valence-corrected chi connectivity index (χ1v) is 5.76. The minimum absolute atomic E-state index is 0.0518. The predicted octanol–water partition coefficient (Wildman–Crippen LogP) is 1.64. The van der Waals surface area contributed by atoms with Gasteiger partial charge in [0, 0.05) is 30.2 Å². The Morgan fingerprint density at radius 2 is 2.11 bits per heavy atom. The van der Waals surface area contributed by atoms with E-state index >= 15 is 0 Å². The van der Waals surface area contributed by atoms with Crippen molar-refractivity contribution >= 4 is 6.34 Å². The summed E-state index contributed by atoms with van der Waals surface area (Å²) in [5.41, 5.74) is 3.04. The Morgan fingerprint density at radius 1 is 1.39 bits per heavy atom. The second-order valence-corrected chi connectivity index (χ2v) is 4.52. The van der Waals surface area contributed by atoms with E-state index in [1.807, 2.05) is 4.90 Å². The highest BCUT2D eigenvalue weighted by Gasteiger charge is 2.36. The van der Waals surface area contributed by atoms with Gasteiger partial charge in [0.2, 0.25) is 0 Å². The van der Waals surface area contributed by atoms with Crippen LogP contribution in [0.5, 0.6) is 5.75 Å². The molecule has 1 fully saturated rings. The van der Waals surface area contributed by atoms with Gasteiger partial charge in [-0.15, -0.1) is 0 Å². The molecule has 0 aromatic heterocycles. The van der Waals surface area contributed by atoms with Crippen LogP contribution in [0.2, 0.25) is 0 Å². The van der Waals surface area contributed by atoms with Crippen molar-refractivity contribution in [3.63, 3.8) is 0 Å². The number of methoxy groups -OCH3 is 1. The number of fused-ring (bicyclic) bond motifs is 1. The lowest BCUT2D eigenvalue weighted by molar-refractivity contribution is 0.382. The smallest absolute Gasteiger partial charge is 0.133 e. The fourth-order valence-electron chi connectivity index (χ4n) is 2.59. The van der Waals surface area contributed by atoms with Gasteiger partial charge in [0.1, 0.15) is 29.9 Å². The molecule has 6 heteroatoms. The van der Waals surface area contributed by atoms with Gasteiger partial charge in [-0.2, -0.15) is 5.10 Å². The van der Waals surface area contributed by atoms with E-state index in [1.165, 1.54) is 19.2 Å². The Hall–Kier alpha value is -1.85. The molecule has 1 aromatic rings. The third-order valence-electron chi connectivity index (χ3n) is 3.47. The summed E-state index contributed by atoms with van der Waals surface area (Å²) >= 11 is 0. The van der Waals surface area contributed by atoms with E-state index in [1.54, 1.807) is 6.34 Å². The van der Waals surface area contributed by atoms with Crippen molar-refractivity contribution in [1.82, 2.24) is 10.3 Å². The Kier molecular flexibility index (Phi) is 2.57. The van der Waals surface area contributed by atoms with Crippen LogP contribution in [0.1, 0.15) is 17.9 Å². The first-order valence-electron chi connectivity index (χ1n) is 5.76. The maximum absolute atomic E-state index is 13.9. The maximum atomic E-state index is 13.9. The molecule has 0 spiro atoms. The minimum atomic E-state index is -0.546. The SMILES string of the molecule is COc1cc(F)c([C@H]2CC3NN=CN3C2)c(F)c1. The standard InChI is InChI=1S/C12H13F2N3O/c1-18-8-3-9(13)12(10(14)4-8)7-2-11-16-15-6-17(11)5-7/h3-4,6-7,11,16H,2,5H2,1H3/t7-,11?/m0/s1. The number of halogens is 2. The molecule has 0 bridgehead atoms. The number of nitrogens with one attached hydrogen (secondary N) is 1. The van der Waals surface area contributed by atoms with E-state index in [4.69, 9.17) is 4.74 Å². The molecule has 0 radical (unpaired) electrons. The zero-order chi connectivity index (χ0) is 12.7. The quantitative estimate of drug-likeness (QED) is 0.870. The molecule has 96 valence electrons. The summed E-state index contributed by atoms with van der Waals surface area (Å²) < 4.78 is 32.7. The van der Waals surface area contributed by atoms with Gasteiger partial charge in [-0.05, 0) is 6.42 Å². The normalized spacial score (nSPS) is 25.2. The molecule has 0 saturated carbocycles. The number of hydrogen-bond acceptors (Lipinski definition) is 4. The van der Waals surface area contributed by atoms with Gasteiger partial charge in [0.15, 0.2) is 0 Å². The molecule has 18 heavy (non-hydrogen) atoms. The highest BCUT2D eigenvalue weighted by Crippen LogP contribution is 2.35. The minimum Gasteiger partial charge on any atom is -0.497 e. The summed E-state index contributed by atoms with van der Waals surface area (Å²) in [5, 5.41) is 3.91. The van der Waals surface area contributed by atoms with E-state index in [-0.39, 0.29) is 23.4 Å². The fraction of sp³-hybridized carbons (Fsp3) is 0.417. The Balaban J connectivity index is 1.91. The predicted molar refractivity (Wildman–Crippen MR) is 62.4 cm³/mol. The van der Waals surface area contributed by atoms with Gasteiger partial charge in [-0.1, -0.05) is 0 Å². The summed E-state index contributed by atoms with van der Waals surface area (Å²) in [5.74, 6) is -1.06. The molecule has 2 atom stereocenters. The average molecular weight is 253 g/mol. The molecule has 2 aliphatic heterocycles. The van der Waals surface area contributed by atoms with Crippen LogP contribution in [0.3, 0.4) is 0 Å². The van der Waals surface area contributed by atoms with Crippen LogP contribution in [0.4, 0.5) is 8.78 Å². The van der Waals surface area contributed by atoms with E-state index in [9.17, 15) is 8.78 Å². The van der Waals surface area contributed by atoms with Crippen molar-refractivity contribution in [2.24, 2.45) is 5.10 Å². The Labute approximate surface area is 103 Å². The van der Waals surface area contributed by atoms with Gasteiger partial charge >= 0.3 is 0 Å². The summed E-state index contributed by atoms with van der Waals surface area (Å²) in [4.78, 5) is 1.95. The number of hydrogen-bond donors (Lipinski definition) is 1. The molecule has 2 heterocycles. The highest BCUT2D eigenvalue weighted by molar-refractivity contribution is 5.58. The van der Waals surface area contributed by atoms with Crippen molar-refractivity contribution in [3.05, 3.63) is 29.3 Å². The van der Waals surface area contributed by atoms with Gasteiger partial charge in [0.05, 0.1) is 7.11 Å². The molecule has 0 amide bonds. The molecule has 0 aliphatic carbocycles. The van der Waals surface area contributed by atoms with E-state index in [2.05, 4.69) is 10.5 Å². The van der Waals surface area contributed by atoms with Crippen molar-refractivity contribution in [1.29, 1.82) is 0 Å². The molecule has 1 saturated heterocycles. The molecular weight excluding hydrogens is 240 g/mol. The van der Waals surface area contributed by atoms with Crippen LogP contribution in [0, 0.1) is 11.6 Å². The summed E-state index contributed by atoms with van der Waals surface area (Å²) in [6.45, 7) is 0.571. The van der Waals surface area contributed by atoms with Crippen LogP contribution in [0.25, 0.3) is 0 Å². The molecule has 2 aliphatic rings. The zero-order valence-electron chi connectivity index (χ0n) is 9.86. The highest BCUT2D eigenvalue weighted by atomic mass is 19.1. The monoisotopic (exact) mass is 253 g/mol. The van der Waals surface area contributed by atoms with E-state index < -0.39 is 11.6 Å². The van der Waals surface area contributed by atoms with Crippen molar-refractivity contribution < 1.29 is 13.5 Å². The number of hydrazone groups is 1. The largest absolute Gasteiger partial charge is 0.497 e. The van der Waals surface area contributed by atoms with Crippen LogP contribution < -0.4 is 10.2 Å². The lowest BCUT2D eigenvalue weighted by Crippen LogP contribution is -2.30. The molecule has 3 rings (SSSR count). The third-order valence-corrected chi connectivity index (χ3v) is 3.47. The molecule has 1 unspecified atom stereocenters. The number of benzene rings is 1. The third kappa shape index (κ3) is 1.68. The number of rotatable bonds is 2. The number of ether oxygens (including phenoxy) is 1. The first kappa shape index (κ1) is 11.3. The molecule has 1 aromatic carbocycles. The average Bonchev–Trinajstić information content (AvgIpc) is 2.88. The van der Waals surface area contributed by atoms with Crippen LogP contribution in [0.15, 0.2) is 17.2 Å². The van der Waals surface area contributed by atoms with Gasteiger partial charge < -0.3 is 9.64 Å². The first-order chi connectivity index (χ1) is 8.69. The van der Waals surface area contributed by atoms with Crippen molar-refractivity contribution in [2.75, 3.05) is 13.7 Å². The number of nitrogens with zero attached hydrogens (tertiary/aromatic N) is 2. The second-order valence-electron chi connectivity index (χ2n) is 4.52. The van der Waals surface area contributed by atoms with Crippen molar-refractivity contribution in [2.45, 2.75) is 18.5 Å². The molecule has 1 N–H and O–H groups in total. The summed E-state index contributed by atoms with van der Waals surface area (Å²) in [6, 6.07) is 2.45. The lowest BCUT2D eigenvalue weighted by atomic mass is 9.96. The molecule has 4 nitrogen and oxygen atoms in total. The second kappa shape index (κ2) is 4.12. The van der Waals surface area contributed by atoms with E-state index in [0.29, 0.717) is 13.0 Å². The maximum Gasteiger partial charge on any atom is 0.133 e. The summed E-state index contributed by atoms with van der Waals surface area (Å²) in [6.07, 6.45) is 2.36. The van der Waals surface area contributed by atoms with Crippen LogP contribution in [-0.2, 0) is 0 Å². The van der Waals surface area contributed by atoms with Gasteiger partial charge in [0.25, 0.3) is 0 Å².